The number of aryl methyl sites for hydroxylation is 2. The number of nitrogens with one attached hydrogen (secondary N) is 1. The maximum Gasteiger partial charge on any atom is 0.226 e. The molecule has 0 unspecified atom stereocenters. The molecule has 3 rings (SSSR count). The Hall–Kier alpha value is -2.48. The van der Waals surface area contributed by atoms with E-state index in [0.717, 1.165) is 22.6 Å². The van der Waals surface area contributed by atoms with Gasteiger partial charge in [-0.15, -0.1) is 0 Å². The van der Waals surface area contributed by atoms with Crippen LogP contribution in [0, 0.1) is 19.8 Å². The summed E-state index contributed by atoms with van der Waals surface area (Å²) in [6.45, 7) is 4.87. The van der Waals surface area contributed by atoms with Gasteiger partial charge < -0.3 is 15.0 Å². The molecule has 8 heteroatoms. The highest BCUT2D eigenvalue weighted by Gasteiger charge is 2.36. The van der Waals surface area contributed by atoms with Crippen molar-refractivity contribution in [1.29, 1.82) is 0 Å². The molecule has 1 aliphatic heterocycles. The molecule has 1 fully saturated rings. The van der Waals surface area contributed by atoms with E-state index in [2.05, 4.69) is 20.4 Å². The lowest BCUT2D eigenvalue weighted by Gasteiger charge is -2.18. The molecule has 8 nitrogen and oxygen atoms in total. The van der Waals surface area contributed by atoms with Crippen molar-refractivity contribution in [3.05, 3.63) is 34.9 Å². The summed E-state index contributed by atoms with van der Waals surface area (Å²) in [7, 11) is 5.68. The van der Waals surface area contributed by atoms with Crippen LogP contribution >= 0.6 is 0 Å². The zero-order chi connectivity index (χ0) is 18.8. The summed E-state index contributed by atoms with van der Waals surface area (Å²) in [5.41, 5.74) is 3.68. The van der Waals surface area contributed by atoms with Crippen molar-refractivity contribution in [3.8, 4) is 0 Å². The van der Waals surface area contributed by atoms with Gasteiger partial charge in [-0.1, -0.05) is 0 Å². The molecule has 1 saturated heterocycles. The second-order valence-electron chi connectivity index (χ2n) is 6.91. The van der Waals surface area contributed by atoms with Crippen molar-refractivity contribution in [1.82, 2.24) is 25.1 Å². The second-order valence-corrected chi connectivity index (χ2v) is 6.91. The summed E-state index contributed by atoms with van der Waals surface area (Å²) in [5.74, 6) is 0.412. The predicted octanol–water partition coefficient (Wildman–Crippen LogP) is 1.29. The highest BCUT2D eigenvalue weighted by Crippen LogP contribution is 2.36. The van der Waals surface area contributed by atoms with E-state index in [-0.39, 0.29) is 17.9 Å². The highest BCUT2D eigenvalue weighted by atomic mass is 16.5. The number of anilines is 1. The van der Waals surface area contributed by atoms with Gasteiger partial charge in [-0.3, -0.25) is 9.48 Å². The third-order valence-electron chi connectivity index (χ3n) is 4.75. The molecule has 3 heterocycles. The first kappa shape index (κ1) is 18.3. The van der Waals surface area contributed by atoms with Crippen LogP contribution < -0.4 is 10.2 Å². The molecular weight excluding hydrogens is 332 g/mol. The van der Waals surface area contributed by atoms with Gasteiger partial charge >= 0.3 is 0 Å². The van der Waals surface area contributed by atoms with Crippen LogP contribution in [0.2, 0.25) is 0 Å². The summed E-state index contributed by atoms with van der Waals surface area (Å²) < 4.78 is 7.65. The van der Waals surface area contributed by atoms with Crippen LogP contribution in [-0.2, 0) is 23.1 Å². The molecule has 26 heavy (non-hydrogen) atoms. The molecule has 2 atom stereocenters. The molecule has 1 N–H and O–H groups in total. The molecule has 0 aliphatic carbocycles. The maximum absolute atomic E-state index is 12.8. The summed E-state index contributed by atoms with van der Waals surface area (Å²) in [5, 5.41) is 7.27. The van der Waals surface area contributed by atoms with E-state index in [1.165, 1.54) is 0 Å². The molecule has 0 spiro atoms. The second kappa shape index (κ2) is 7.41. The topological polar surface area (TPSA) is 85.2 Å². The van der Waals surface area contributed by atoms with E-state index in [9.17, 15) is 4.79 Å². The fourth-order valence-corrected chi connectivity index (χ4v) is 3.18. The number of hydrogen-bond donors (Lipinski definition) is 1. The lowest BCUT2D eigenvalue weighted by Crippen LogP contribution is -2.32. The molecule has 0 bridgehead atoms. The van der Waals surface area contributed by atoms with Crippen molar-refractivity contribution < 1.29 is 9.53 Å². The van der Waals surface area contributed by atoms with E-state index in [4.69, 9.17) is 4.74 Å². The Kier molecular flexibility index (Phi) is 5.22. The van der Waals surface area contributed by atoms with Crippen LogP contribution in [0.1, 0.15) is 35.2 Å². The fraction of sp³-hybridized carbons (Fsp3) is 0.556. The Morgan fingerprint density at radius 1 is 1.38 bits per heavy atom. The summed E-state index contributed by atoms with van der Waals surface area (Å²) >= 11 is 0. The zero-order valence-corrected chi connectivity index (χ0v) is 16.0. The molecule has 1 aliphatic rings. The quantitative estimate of drug-likeness (QED) is 0.867. The first-order valence-electron chi connectivity index (χ1n) is 8.76. The zero-order valence-electron chi connectivity index (χ0n) is 16.0. The molecule has 0 aromatic carbocycles. The van der Waals surface area contributed by atoms with Crippen LogP contribution in [0.3, 0.4) is 0 Å². The Balaban J connectivity index is 1.69. The number of carbonyl (C=O) groups is 1. The number of hydrogen-bond acceptors (Lipinski definition) is 6. The molecule has 0 radical (unpaired) electrons. The molecule has 0 saturated carbocycles. The summed E-state index contributed by atoms with van der Waals surface area (Å²) in [6.07, 6.45) is 2.26. The number of nitrogens with zero attached hydrogens (tertiary/aromatic N) is 5. The van der Waals surface area contributed by atoms with Gasteiger partial charge in [-0.25, -0.2) is 9.97 Å². The molecule has 1 amide bonds. The van der Waals surface area contributed by atoms with Gasteiger partial charge in [-0.05, 0) is 26.3 Å². The van der Waals surface area contributed by atoms with Gasteiger partial charge in [0.2, 0.25) is 11.9 Å². The lowest BCUT2D eigenvalue weighted by atomic mass is 9.95. The van der Waals surface area contributed by atoms with Gasteiger partial charge in [0.1, 0.15) is 0 Å². The van der Waals surface area contributed by atoms with Crippen molar-refractivity contribution >= 4 is 11.9 Å². The first-order chi connectivity index (χ1) is 12.4. The third kappa shape index (κ3) is 3.70. The molecule has 2 aromatic heterocycles. The van der Waals surface area contributed by atoms with E-state index in [1.54, 1.807) is 10.9 Å². The fourth-order valence-electron chi connectivity index (χ4n) is 3.18. The van der Waals surface area contributed by atoms with Crippen LogP contribution in [0.4, 0.5) is 5.95 Å². The Bertz CT molecular complexity index is 801. The molecule has 2 aromatic rings. The Morgan fingerprint density at radius 3 is 2.81 bits per heavy atom. The average molecular weight is 358 g/mol. The van der Waals surface area contributed by atoms with Crippen LogP contribution in [0.15, 0.2) is 12.3 Å². The Morgan fingerprint density at radius 2 is 2.15 bits per heavy atom. The highest BCUT2D eigenvalue weighted by molar-refractivity contribution is 5.79. The number of aromatic nitrogens is 4. The van der Waals surface area contributed by atoms with Gasteiger partial charge in [-0.2, -0.15) is 5.10 Å². The largest absolute Gasteiger partial charge is 0.373 e. The number of carbonyl (C=O) groups excluding carboxylic acids is 1. The lowest BCUT2D eigenvalue weighted by molar-refractivity contribution is -0.127. The van der Waals surface area contributed by atoms with Crippen LogP contribution in [0.25, 0.3) is 0 Å². The van der Waals surface area contributed by atoms with E-state index in [1.807, 2.05) is 46.0 Å². The first-order valence-corrected chi connectivity index (χ1v) is 8.76. The normalized spacial score (nSPS) is 19.6. The average Bonchev–Trinajstić information content (AvgIpc) is 3.19. The monoisotopic (exact) mass is 358 g/mol. The number of amides is 1. The van der Waals surface area contributed by atoms with Crippen LogP contribution in [0.5, 0.6) is 0 Å². The van der Waals surface area contributed by atoms with Gasteiger partial charge in [0.05, 0.1) is 30.5 Å². The molecular formula is C18H26N6O2. The van der Waals surface area contributed by atoms with E-state index < -0.39 is 0 Å². The van der Waals surface area contributed by atoms with Gasteiger partial charge in [0.25, 0.3) is 0 Å². The Labute approximate surface area is 153 Å². The summed E-state index contributed by atoms with van der Waals surface area (Å²) in [4.78, 5) is 23.5. The number of ether oxygens (including phenoxy) is 1. The van der Waals surface area contributed by atoms with Crippen molar-refractivity contribution in [2.75, 3.05) is 25.6 Å². The minimum atomic E-state index is -0.242. The smallest absolute Gasteiger partial charge is 0.226 e. The minimum Gasteiger partial charge on any atom is -0.373 e. The minimum absolute atomic E-state index is 0.0154. The SMILES string of the molecule is Cc1cc(CNC(=O)[C@H]2CCO[C@@H]2c2cnn(C)c2C)nc(N(C)C)n1. The standard InChI is InChI=1S/C18H26N6O2/c1-11-8-13(22-18(21-11)23(3)4)9-19-17(25)14-6-7-26-16(14)15-10-20-24(5)12(15)2/h8,10,14,16H,6-7,9H2,1-5H3,(H,19,25)/t14-,16-/m0/s1. The van der Waals surface area contributed by atoms with Crippen molar-refractivity contribution in [3.63, 3.8) is 0 Å². The summed E-state index contributed by atoms with van der Waals surface area (Å²) in [6, 6.07) is 1.89. The molecule has 140 valence electrons. The third-order valence-corrected chi connectivity index (χ3v) is 4.75. The van der Waals surface area contributed by atoms with E-state index in [0.29, 0.717) is 25.5 Å². The van der Waals surface area contributed by atoms with Crippen molar-refractivity contribution in [2.45, 2.75) is 32.9 Å². The van der Waals surface area contributed by atoms with E-state index >= 15 is 0 Å². The van der Waals surface area contributed by atoms with Crippen LogP contribution in [-0.4, -0.2) is 46.4 Å². The van der Waals surface area contributed by atoms with Gasteiger partial charge in [0.15, 0.2) is 0 Å². The van der Waals surface area contributed by atoms with Gasteiger partial charge in [0, 0.05) is 44.7 Å². The predicted molar refractivity (Wildman–Crippen MR) is 97.7 cm³/mol. The van der Waals surface area contributed by atoms with Crippen molar-refractivity contribution in [2.24, 2.45) is 13.0 Å². The number of rotatable bonds is 5. The maximum atomic E-state index is 12.8.